The molecule has 1 aliphatic heterocycles. The maximum atomic E-state index is 6.60. The minimum atomic E-state index is -0.103. The number of fused-ring (bicyclic) bond motifs is 1. The van der Waals surface area contributed by atoms with Crippen LogP contribution >= 0.6 is 27.5 Å². The van der Waals surface area contributed by atoms with Crippen molar-refractivity contribution >= 4 is 27.5 Å². The van der Waals surface area contributed by atoms with Crippen LogP contribution in [0.5, 0.6) is 5.75 Å². The SMILES string of the molecule is CC1(C)Cc2cc(C(Cl)Cc3ccc(Br)cc3)ccc2O1. The van der Waals surface area contributed by atoms with Gasteiger partial charge in [-0.05, 0) is 55.2 Å². The summed E-state index contributed by atoms with van der Waals surface area (Å²) in [7, 11) is 0. The fourth-order valence-electron chi connectivity index (χ4n) is 2.77. The number of alkyl halides is 1. The Morgan fingerprint density at radius 3 is 2.62 bits per heavy atom. The van der Waals surface area contributed by atoms with Crippen LogP contribution in [0.15, 0.2) is 46.9 Å². The first-order valence-electron chi connectivity index (χ1n) is 7.13. The molecular weight excluding hydrogens is 348 g/mol. The molecule has 0 spiro atoms. The maximum absolute atomic E-state index is 6.60. The van der Waals surface area contributed by atoms with Crippen molar-refractivity contribution in [2.75, 3.05) is 0 Å². The van der Waals surface area contributed by atoms with Gasteiger partial charge in [-0.2, -0.15) is 0 Å². The van der Waals surface area contributed by atoms with Crippen molar-refractivity contribution in [3.63, 3.8) is 0 Å². The summed E-state index contributed by atoms with van der Waals surface area (Å²) in [6, 6.07) is 14.7. The Balaban J connectivity index is 1.77. The van der Waals surface area contributed by atoms with Gasteiger partial charge in [-0.3, -0.25) is 0 Å². The van der Waals surface area contributed by atoms with E-state index in [2.05, 4.69) is 72.2 Å². The van der Waals surface area contributed by atoms with Gasteiger partial charge in [0, 0.05) is 10.9 Å². The van der Waals surface area contributed by atoms with Gasteiger partial charge in [0.15, 0.2) is 0 Å². The van der Waals surface area contributed by atoms with Crippen molar-refractivity contribution in [3.05, 3.63) is 63.6 Å². The molecule has 3 rings (SSSR count). The molecule has 0 bridgehead atoms. The van der Waals surface area contributed by atoms with Crippen LogP contribution < -0.4 is 4.74 Å². The molecule has 0 amide bonds. The monoisotopic (exact) mass is 364 g/mol. The van der Waals surface area contributed by atoms with Crippen LogP contribution in [-0.4, -0.2) is 5.60 Å². The normalized spacial score (nSPS) is 17.1. The highest BCUT2D eigenvalue weighted by atomic mass is 79.9. The first kappa shape index (κ1) is 14.9. The van der Waals surface area contributed by atoms with Gasteiger partial charge in [-0.25, -0.2) is 0 Å². The second-order valence-corrected chi connectivity index (χ2v) is 7.65. The van der Waals surface area contributed by atoms with E-state index in [1.165, 1.54) is 16.7 Å². The summed E-state index contributed by atoms with van der Waals surface area (Å²) in [5, 5.41) is -0.0137. The molecule has 3 heteroatoms. The van der Waals surface area contributed by atoms with Gasteiger partial charge in [-0.15, -0.1) is 11.6 Å². The lowest BCUT2D eigenvalue weighted by Crippen LogP contribution is -2.24. The van der Waals surface area contributed by atoms with E-state index in [-0.39, 0.29) is 11.0 Å². The van der Waals surface area contributed by atoms with E-state index in [1.807, 2.05) is 0 Å². The smallest absolute Gasteiger partial charge is 0.123 e. The maximum Gasteiger partial charge on any atom is 0.123 e. The van der Waals surface area contributed by atoms with E-state index in [0.717, 1.165) is 23.1 Å². The molecule has 110 valence electrons. The molecule has 0 aromatic heterocycles. The van der Waals surface area contributed by atoms with Crippen molar-refractivity contribution in [3.8, 4) is 5.75 Å². The molecule has 1 aliphatic rings. The third-order valence-electron chi connectivity index (χ3n) is 3.78. The lowest BCUT2D eigenvalue weighted by atomic mass is 9.97. The number of hydrogen-bond acceptors (Lipinski definition) is 1. The predicted octanol–water partition coefficient (Wildman–Crippen LogP) is 5.69. The largest absolute Gasteiger partial charge is 0.487 e. The molecule has 0 saturated carbocycles. The van der Waals surface area contributed by atoms with E-state index in [4.69, 9.17) is 16.3 Å². The molecule has 21 heavy (non-hydrogen) atoms. The Labute approximate surface area is 139 Å². The summed E-state index contributed by atoms with van der Waals surface area (Å²) in [4.78, 5) is 0. The molecule has 1 nitrogen and oxygen atoms in total. The molecule has 1 unspecified atom stereocenters. The van der Waals surface area contributed by atoms with E-state index in [9.17, 15) is 0 Å². The first-order chi connectivity index (χ1) is 9.93. The first-order valence-corrected chi connectivity index (χ1v) is 8.36. The van der Waals surface area contributed by atoms with E-state index >= 15 is 0 Å². The number of rotatable bonds is 3. The Bertz CT molecular complexity index is 649. The van der Waals surface area contributed by atoms with Gasteiger partial charge < -0.3 is 4.74 Å². The summed E-state index contributed by atoms with van der Waals surface area (Å²) < 4.78 is 7.00. The molecule has 0 saturated heterocycles. The van der Waals surface area contributed by atoms with E-state index in [0.29, 0.717) is 0 Å². The van der Waals surface area contributed by atoms with Crippen molar-refractivity contribution in [2.45, 2.75) is 37.7 Å². The Morgan fingerprint density at radius 2 is 1.90 bits per heavy atom. The van der Waals surface area contributed by atoms with Crippen molar-refractivity contribution in [2.24, 2.45) is 0 Å². The zero-order valence-electron chi connectivity index (χ0n) is 12.2. The van der Waals surface area contributed by atoms with Gasteiger partial charge in [-0.1, -0.05) is 40.2 Å². The van der Waals surface area contributed by atoms with Crippen molar-refractivity contribution in [1.82, 2.24) is 0 Å². The Morgan fingerprint density at radius 1 is 1.19 bits per heavy atom. The van der Waals surface area contributed by atoms with Crippen LogP contribution in [0.4, 0.5) is 0 Å². The van der Waals surface area contributed by atoms with Gasteiger partial charge in [0.05, 0.1) is 5.38 Å². The highest BCUT2D eigenvalue weighted by Gasteiger charge is 2.30. The fraction of sp³-hybridized carbons (Fsp3) is 0.333. The molecule has 0 radical (unpaired) electrons. The summed E-state index contributed by atoms with van der Waals surface area (Å²) in [5.41, 5.74) is 3.57. The molecule has 0 fully saturated rings. The zero-order valence-corrected chi connectivity index (χ0v) is 14.5. The van der Waals surface area contributed by atoms with Crippen LogP contribution in [0, 0.1) is 0 Å². The molecule has 1 heterocycles. The lowest BCUT2D eigenvalue weighted by Gasteiger charge is -2.16. The standard InChI is InChI=1S/C18H18BrClO/c1-18(2)11-14-10-13(5-8-17(14)21-18)16(20)9-12-3-6-15(19)7-4-12/h3-8,10,16H,9,11H2,1-2H3. The molecule has 1 atom stereocenters. The van der Waals surface area contributed by atoms with Crippen LogP contribution in [0.25, 0.3) is 0 Å². The summed E-state index contributed by atoms with van der Waals surface area (Å²) >= 11 is 10.1. The second kappa shape index (κ2) is 5.66. The van der Waals surface area contributed by atoms with E-state index < -0.39 is 0 Å². The Kier molecular flexibility index (Phi) is 4.02. The van der Waals surface area contributed by atoms with Crippen LogP contribution in [0.3, 0.4) is 0 Å². The zero-order chi connectivity index (χ0) is 15.0. The molecular formula is C18H18BrClO. The minimum Gasteiger partial charge on any atom is -0.487 e. The molecule has 2 aromatic rings. The minimum absolute atomic E-state index is 0.0137. The third-order valence-corrected chi connectivity index (χ3v) is 4.71. The quantitative estimate of drug-likeness (QED) is 0.635. The van der Waals surface area contributed by atoms with Crippen LogP contribution in [-0.2, 0) is 12.8 Å². The summed E-state index contributed by atoms with van der Waals surface area (Å²) in [5.74, 6) is 0.997. The molecule has 0 aliphatic carbocycles. The lowest BCUT2D eigenvalue weighted by molar-refractivity contribution is 0.138. The number of benzene rings is 2. The third kappa shape index (κ3) is 3.44. The van der Waals surface area contributed by atoms with Gasteiger partial charge in [0.25, 0.3) is 0 Å². The molecule has 2 aromatic carbocycles. The number of halogens is 2. The fourth-order valence-corrected chi connectivity index (χ4v) is 3.35. The Hall–Kier alpha value is -0.990. The topological polar surface area (TPSA) is 9.23 Å². The van der Waals surface area contributed by atoms with Crippen molar-refractivity contribution < 1.29 is 4.74 Å². The van der Waals surface area contributed by atoms with Crippen LogP contribution in [0.2, 0.25) is 0 Å². The summed E-state index contributed by atoms with van der Waals surface area (Å²) in [6.45, 7) is 4.24. The highest BCUT2D eigenvalue weighted by Crippen LogP contribution is 2.37. The second-order valence-electron chi connectivity index (χ2n) is 6.20. The summed E-state index contributed by atoms with van der Waals surface area (Å²) in [6.07, 6.45) is 1.77. The van der Waals surface area contributed by atoms with Crippen molar-refractivity contribution in [1.29, 1.82) is 0 Å². The molecule has 0 N–H and O–H groups in total. The average Bonchev–Trinajstić information content (AvgIpc) is 2.74. The predicted molar refractivity (Wildman–Crippen MR) is 91.3 cm³/mol. The number of ether oxygens (including phenoxy) is 1. The van der Waals surface area contributed by atoms with E-state index in [1.54, 1.807) is 0 Å². The van der Waals surface area contributed by atoms with Gasteiger partial charge in [0.2, 0.25) is 0 Å². The highest BCUT2D eigenvalue weighted by molar-refractivity contribution is 9.10. The van der Waals surface area contributed by atoms with Crippen LogP contribution in [0.1, 0.15) is 35.9 Å². The number of hydrogen-bond donors (Lipinski definition) is 0. The van der Waals surface area contributed by atoms with Gasteiger partial charge in [0.1, 0.15) is 11.4 Å². The average molecular weight is 366 g/mol. The van der Waals surface area contributed by atoms with Gasteiger partial charge >= 0.3 is 0 Å².